The largest absolute Gasteiger partial charge is 0.493 e. The number of nitrogens with zero attached hydrogens (tertiary/aromatic N) is 2. The standard InChI is InChI=1S/C32H40N2O7/c1-21(25-8-10-27-26(18-25)13-15-40-27)33(19-22-3-6-24(7-4-22)32(37)38)20-23-5-9-28(29(17-23)39-2)41-16-14-34-30(35)11-12-31(34)36/h5,8-10,17-18,21-22,24H,3-4,6-7,11-16,19-20H2,1-2H3,(H,37,38)/t21-,22-,24-/m1/s1. The highest BCUT2D eigenvalue weighted by Gasteiger charge is 2.30. The van der Waals surface area contributed by atoms with Gasteiger partial charge in [-0.3, -0.25) is 24.2 Å². The molecule has 9 heteroatoms. The summed E-state index contributed by atoms with van der Waals surface area (Å²) in [5.41, 5.74) is 3.57. The van der Waals surface area contributed by atoms with Crippen molar-refractivity contribution in [2.75, 3.05) is 33.4 Å². The molecule has 3 aliphatic rings. The van der Waals surface area contributed by atoms with E-state index in [1.54, 1.807) is 7.11 Å². The van der Waals surface area contributed by atoms with E-state index in [2.05, 4.69) is 30.0 Å². The van der Waals surface area contributed by atoms with Crippen LogP contribution in [0.2, 0.25) is 0 Å². The van der Waals surface area contributed by atoms with Gasteiger partial charge in [0.2, 0.25) is 11.8 Å². The first-order chi connectivity index (χ1) is 19.8. The van der Waals surface area contributed by atoms with E-state index >= 15 is 0 Å². The fraction of sp³-hybridized carbons (Fsp3) is 0.531. The number of hydrogen-bond acceptors (Lipinski definition) is 7. The highest BCUT2D eigenvalue weighted by atomic mass is 16.5. The Balaban J connectivity index is 1.29. The maximum atomic E-state index is 11.9. The van der Waals surface area contributed by atoms with E-state index in [9.17, 15) is 19.5 Å². The molecule has 1 saturated heterocycles. The Bertz CT molecular complexity index is 1250. The predicted molar refractivity (Wildman–Crippen MR) is 152 cm³/mol. The summed E-state index contributed by atoms with van der Waals surface area (Å²) < 4.78 is 17.3. The van der Waals surface area contributed by atoms with Crippen molar-refractivity contribution >= 4 is 17.8 Å². The number of likely N-dealkylation sites (tertiary alicyclic amines) is 1. The van der Waals surface area contributed by atoms with Crippen LogP contribution in [0.3, 0.4) is 0 Å². The third kappa shape index (κ3) is 6.84. The molecule has 9 nitrogen and oxygen atoms in total. The Hall–Kier alpha value is -3.59. The van der Waals surface area contributed by atoms with Crippen LogP contribution in [-0.4, -0.2) is 66.1 Å². The smallest absolute Gasteiger partial charge is 0.306 e. The number of aliphatic carboxylic acids is 1. The van der Waals surface area contributed by atoms with E-state index in [0.29, 0.717) is 24.0 Å². The van der Waals surface area contributed by atoms with Crippen LogP contribution in [0.25, 0.3) is 0 Å². The monoisotopic (exact) mass is 564 g/mol. The number of methoxy groups -OCH3 is 1. The molecule has 0 unspecified atom stereocenters. The topological polar surface area (TPSA) is 106 Å². The lowest BCUT2D eigenvalue weighted by Gasteiger charge is -2.35. The van der Waals surface area contributed by atoms with Gasteiger partial charge in [-0.15, -0.1) is 0 Å². The number of ether oxygens (including phenoxy) is 3. The molecule has 2 amide bonds. The van der Waals surface area contributed by atoms with Crippen molar-refractivity contribution in [2.45, 2.75) is 64.5 Å². The van der Waals surface area contributed by atoms with Crippen LogP contribution >= 0.6 is 0 Å². The van der Waals surface area contributed by atoms with E-state index in [0.717, 1.165) is 56.6 Å². The number of fused-ring (bicyclic) bond motifs is 1. The van der Waals surface area contributed by atoms with Crippen molar-refractivity contribution in [3.63, 3.8) is 0 Å². The highest BCUT2D eigenvalue weighted by molar-refractivity contribution is 6.01. The van der Waals surface area contributed by atoms with Gasteiger partial charge in [-0.2, -0.15) is 0 Å². The zero-order chi connectivity index (χ0) is 28.9. The second kappa shape index (κ2) is 12.9. The Kier molecular flexibility index (Phi) is 9.12. The summed E-state index contributed by atoms with van der Waals surface area (Å²) in [5.74, 6) is 1.37. The number of carboxylic acids is 1. The van der Waals surface area contributed by atoms with Gasteiger partial charge in [-0.05, 0) is 73.4 Å². The fourth-order valence-corrected chi connectivity index (χ4v) is 6.24. The average Bonchev–Trinajstić information content (AvgIpc) is 3.58. The van der Waals surface area contributed by atoms with Gasteiger partial charge in [-0.1, -0.05) is 18.2 Å². The van der Waals surface area contributed by atoms with Crippen LogP contribution in [0.4, 0.5) is 0 Å². The molecule has 1 aliphatic carbocycles. The van der Waals surface area contributed by atoms with Gasteiger partial charge in [-0.25, -0.2) is 0 Å². The zero-order valence-corrected chi connectivity index (χ0v) is 24.0. The van der Waals surface area contributed by atoms with Crippen molar-refractivity contribution in [2.24, 2.45) is 11.8 Å². The predicted octanol–water partition coefficient (Wildman–Crippen LogP) is 4.61. The zero-order valence-electron chi connectivity index (χ0n) is 24.0. The quantitative estimate of drug-likeness (QED) is 0.373. The molecule has 5 rings (SSSR count). The minimum Gasteiger partial charge on any atom is -0.493 e. The van der Waals surface area contributed by atoms with Gasteiger partial charge >= 0.3 is 5.97 Å². The number of benzene rings is 2. The second-order valence-electron chi connectivity index (χ2n) is 11.4. The first-order valence-corrected chi connectivity index (χ1v) is 14.7. The number of amides is 2. The van der Waals surface area contributed by atoms with Crippen molar-refractivity contribution in [3.05, 3.63) is 53.1 Å². The van der Waals surface area contributed by atoms with Gasteiger partial charge in [0.05, 0.1) is 26.2 Å². The third-order valence-electron chi connectivity index (χ3n) is 8.77. The minimum absolute atomic E-state index is 0.149. The fourth-order valence-electron chi connectivity index (χ4n) is 6.24. The van der Waals surface area contributed by atoms with Crippen LogP contribution < -0.4 is 14.2 Å². The number of carbonyl (C=O) groups excluding carboxylic acids is 2. The van der Waals surface area contributed by atoms with Crippen molar-refractivity contribution in [1.29, 1.82) is 0 Å². The molecular formula is C32H40N2O7. The van der Waals surface area contributed by atoms with Crippen LogP contribution in [-0.2, 0) is 27.3 Å². The molecule has 0 spiro atoms. The maximum absolute atomic E-state index is 11.9. The molecule has 2 aliphatic heterocycles. The number of rotatable bonds is 12. The molecular weight excluding hydrogens is 524 g/mol. The molecule has 1 atom stereocenters. The first-order valence-electron chi connectivity index (χ1n) is 14.7. The van der Waals surface area contributed by atoms with Gasteiger partial charge in [0.15, 0.2) is 11.5 Å². The summed E-state index contributed by atoms with van der Waals surface area (Å²) in [4.78, 5) is 39.0. The Morgan fingerprint density at radius 3 is 2.51 bits per heavy atom. The summed E-state index contributed by atoms with van der Waals surface area (Å²) in [6.07, 6.45) is 4.75. The lowest BCUT2D eigenvalue weighted by Crippen LogP contribution is -2.34. The molecule has 0 aromatic heterocycles. The van der Waals surface area contributed by atoms with Gasteiger partial charge in [0, 0.05) is 38.4 Å². The van der Waals surface area contributed by atoms with E-state index < -0.39 is 5.97 Å². The summed E-state index contributed by atoms with van der Waals surface area (Å²) in [7, 11) is 1.60. The number of carboxylic acid groups (broad SMARTS) is 1. The van der Waals surface area contributed by atoms with E-state index in [1.807, 2.05) is 18.2 Å². The van der Waals surface area contributed by atoms with E-state index in [1.165, 1.54) is 16.0 Å². The van der Waals surface area contributed by atoms with Crippen LogP contribution in [0.15, 0.2) is 36.4 Å². The molecule has 2 aromatic carbocycles. The van der Waals surface area contributed by atoms with Gasteiger partial charge in [0.1, 0.15) is 12.4 Å². The molecule has 220 valence electrons. The third-order valence-corrected chi connectivity index (χ3v) is 8.77. The molecule has 0 radical (unpaired) electrons. The van der Waals surface area contributed by atoms with Crippen molar-refractivity contribution in [1.82, 2.24) is 9.80 Å². The first kappa shape index (κ1) is 28.9. The molecule has 1 N–H and O–H groups in total. The second-order valence-corrected chi connectivity index (χ2v) is 11.4. The average molecular weight is 565 g/mol. The summed E-state index contributed by atoms with van der Waals surface area (Å²) >= 11 is 0. The molecule has 2 fully saturated rings. The van der Waals surface area contributed by atoms with Crippen molar-refractivity contribution < 1.29 is 33.7 Å². The van der Waals surface area contributed by atoms with Crippen LogP contribution in [0, 0.1) is 11.8 Å². The lowest BCUT2D eigenvalue weighted by atomic mass is 9.81. The Morgan fingerprint density at radius 1 is 1.05 bits per heavy atom. The minimum atomic E-state index is -0.679. The molecule has 2 heterocycles. The van der Waals surface area contributed by atoms with Gasteiger partial charge < -0.3 is 19.3 Å². The molecule has 2 aromatic rings. The van der Waals surface area contributed by atoms with Crippen molar-refractivity contribution in [3.8, 4) is 17.2 Å². The van der Waals surface area contributed by atoms with E-state index in [-0.39, 0.29) is 49.8 Å². The summed E-state index contributed by atoms with van der Waals surface area (Å²) in [5, 5.41) is 9.44. The normalized spacial score (nSPS) is 21.1. The number of imide groups is 1. The molecule has 1 saturated carbocycles. The van der Waals surface area contributed by atoms with Crippen LogP contribution in [0.5, 0.6) is 17.2 Å². The molecule has 0 bridgehead atoms. The molecule has 41 heavy (non-hydrogen) atoms. The SMILES string of the molecule is COc1cc(CN(C[C@H]2CC[C@H](C(=O)O)CC2)[C@H](C)c2ccc3c(c2)CCO3)ccc1OCCN1C(=O)CCC1=O. The highest BCUT2D eigenvalue weighted by Crippen LogP contribution is 2.36. The Morgan fingerprint density at radius 2 is 1.80 bits per heavy atom. The maximum Gasteiger partial charge on any atom is 0.306 e. The Labute approximate surface area is 241 Å². The number of hydrogen-bond donors (Lipinski definition) is 1. The summed E-state index contributed by atoms with van der Waals surface area (Å²) in [6, 6.07) is 12.5. The lowest BCUT2D eigenvalue weighted by molar-refractivity contribution is -0.143. The van der Waals surface area contributed by atoms with Gasteiger partial charge in [0.25, 0.3) is 0 Å². The summed E-state index contributed by atoms with van der Waals surface area (Å²) in [6.45, 7) is 4.96. The number of carbonyl (C=O) groups is 3. The van der Waals surface area contributed by atoms with Crippen LogP contribution in [0.1, 0.15) is 68.2 Å². The van der Waals surface area contributed by atoms with E-state index in [4.69, 9.17) is 14.2 Å².